The third kappa shape index (κ3) is 4.90. The third-order valence-corrected chi connectivity index (χ3v) is 6.27. The van der Waals surface area contributed by atoms with Gasteiger partial charge in [-0.25, -0.2) is 4.98 Å². The first-order valence-corrected chi connectivity index (χ1v) is 10.7. The molecule has 3 heterocycles. The zero-order chi connectivity index (χ0) is 19.2. The van der Waals surface area contributed by atoms with Gasteiger partial charge in [-0.15, -0.1) is 0 Å². The third-order valence-electron chi connectivity index (χ3n) is 6.27. The zero-order valence-electron chi connectivity index (χ0n) is 16.8. The number of amides is 2. The lowest BCUT2D eigenvalue weighted by Crippen LogP contribution is -2.42. The van der Waals surface area contributed by atoms with Crippen LogP contribution in [0.1, 0.15) is 77.7 Å². The number of hydrogen-bond donors (Lipinski definition) is 0. The molecule has 27 heavy (non-hydrogen) atoms. The molecule has 150 valence electrons. The van der Waals surface area contributed by atoms with Gasteiger partial charge in [0.2, 0.25) is 11.8 Å². The Kier molecular flexibility index (Phi) is 6.91. The lowest BCUT2D eigenvalue weighted by Gasteiger charge is -2.35. The van der Waals surface area contributed by atoms with Gasteiger partial charge in [-0.3, -0.25) is 9.59 Å². The molecule has 2 saturated heterocycles. The minimum absolute atomic E-state index is 0.213. The minimum Gasteiger partial charge on any atom is -0.340 e. The van der Waals surface area contributed by atoms with E-state index >= 15 is 0 Å². The standard InChI is InChI=1S/C21H34N4O2/c1-3-18(25-11-6-4-5-8-21(25)27)15-19(23-13-10-22-16-23)14-17(2)24-12-7-9-20(24)26/h10,13,16-19H,3-9,11-12,14-15H2,1-2H3/t17-,18?,19?/m1/s1. The van der Waals surface area contributed by atoms with Crippen molar-refractivity contribution in [2.75, 3.05) is 13.1 Å². The van der Waals surface area contributed by atoms with Crippen LogP contribution in [0.4, 0.5) is 0 Å². The van der Waals surface area contributed by atoms with Crippen molar-refractivity contribution in [3.05, 3.63) is 18.7 Å². The van der Waals surface area contributed by atoms with Crippen molar-refractivity contribution in [2.24, 2.45) is 0 Å². The van der Waals surface area contributed by atoms with E-state index in [1.54, 1.807) is 0 Å². The largest absolute Gasteiger partial charge is 0.340 e. The fourth-order valence-corrected chi connectivity index (χ4v) is 4.70. The van der Waals surface area contributed by atoms with Gasteiger partial charge in [-0.1, -0.05) is 13.3 Å². The number of aromatic nitrogens is 2. The van der Waals surface area contributed by atoms with Gasteiger partial charge in [0, 0.05) is 56.5 Å². The normalized spacial score (nSPS) is 22.0. The minimum atomic E-state index is 0.213. The van der Waals surface area contributed by atoms with E-state index in [1.807, 2.05) is 23.6 Å². The van der Waals surface area contributed by atoms with E-state index in [9.17, 15) is 9.59 Å². The van der Waals surface area contributed by atoms with Crippen molar-refractivity contribution in [3.8, 4) is 0 Å². The molecule has 0 spiro atoms. The molecule has 0 aliphatic carbocycles. The number of carbonyl (C=O) groups is 2. The molecule has 3 atom stereocenters. The summed E-state index contributed by atoms with van der Waals surface area (Å²) in [5.74, 6) is 0.591. The van der Waals surface area contributed by atoms with E-state index in [0.29, 0.717) is 18.7 Å². The number of likely N-dealkylation sites (tertiary alicyclic amines) is 2. The fourth-order valence-electron chi connectivity index (χ4n) is 4.70. The van der Waals surface area contributed by atoms with Crippen LogP contribution >= 0.6 is 0 Å². The van der Waals surface area contributed by atoms with E-state index in [2.05, 4.69) is 28.3 Å². The summed E-state index contributed by atoms with van der Waals surface area (Å²) in [6.45, 7) is 6.10. The van der Waals surface area contributed by atoms with Gasteiger partial charge < -0.3 is 14.4 Å². The van der Waals surface area contributed by atoms with Crippen LogP contribution in [-0.4, -0.2) is 56.3 Å². The van der Waals surface area contributed by atoms with Gasteiger partial charge >= 0.3 is 0 Å². The van der Waals surface area contributed by atoms with Crippen molar-refractivity contribution in [1.29, 1.82) is 0 Å². The molecule has 1 aromatic heterocycles. The SMILES string of the molecule is CCC(CC(C[C@@H](C)N1CCCC1=O)n1ccnc1)N1CCCCCC1=O. The number of rotatable bonds is 8. The molecule has 2 aliphatic rings. The Labute approximate surface area is 162 Å². The van der Waals surface area contributed by atoms with E-state index < -0.39 is 0 Å². The van der Waals surface area contributed by atoms with E-state index in [4.69, 9.17) is 0 Å². The van der Waals surface area contributed by atoms with Crippen molar-refractivity contribution >= 4 is 11.8 Å². The maximum Gasteiger partial charge on any atom is 0.222 e. The molecule has 2 aliphatic heterocycles. The maximum atomic E-state index is 12.6. The van der Waals surface area contributed by atoms with Crippen LogP contribution in [-0.2, 0) is 9.59 Å². The first kappa shape index (κ1) is 19.9. The Morgan fingerprint density at radius 3 is 2.37 bits per heavy atom. The monoisotopic (exact) mass is 374 g/mol. The number of nitrogens with zero attached hydrogens (tertiary/aromatic N) is 4. The molecule has 6 nitrogen and oxygen atoms in total. The second-order valence-electron chi connectivity index (χ2n) is 8.13. The topological polar surface area (TPSA) is 58.4 Å². The Hall–Kier alpha value is -1.85. The highest BCUT2D eigenvalue weighted by Gasteiger charge is 2.31. The lowest BCUT2D eigenvalue weighted by atomic mass is 9.96. The van der Waals surface area contributed by atoms with Crippen molar-refractivity contribution in [1.82, 2.24) is 19.4 Å². The van der Waals surface area contributed by atoms with Crippen LogP contribution in [0.15, 0.2) is 18.7 Å². The summed E-state index contributed by atoms with van der Waals surface area (Å²) < 4.78 is 2.17. The maximum absolute atomic E-state index is 12.6. The number of carbonyl (C=O) groups excluding carboxylic acids is 2. The quantitative estimate of drug-likeness (QED) is 0.701. The Balaban J connectivity index is 1.72. The van der Waals surface area contributed by atoms with E-state index in [0.717, 1.165) is 58.0 Å². The average molecular weight is 375 g/mol. The van der Waals surface area contributed by atoms with Gasteiger partial charge in [0.25, 0.3) is 0 Å². The van der Waals surface area contributed by atoms with Gasteiger partial charge in [0.05, 0.1) is 6.33 Å². The highest BCUT2D eigenvalue weighted by atomic mass is 16.2. The second kappa shape index (κ2) is 9.38. The molecule has 0 N–H and O–H groups in total. The molecular weight excluding hydrogens is 340 g/mol. The van der Waals surface area contributed by atoms with Gasteiger partial charge in [0.1, 0.15) is 0 Å². The first-order chi connectivity index (χ1) is 13.1. The molecule has 6 heteroatoms. The molecule has 3 rings (SSSR count). The summed E-state index contributed by atoms with van der Waals surface area (Å²) in [6, 6.07) is 0.714. The number of imidazole rings is 1. The van der Waals surface area contributed by atoms with Crippen molar-refractivity contribution in [3.63, 3.8) is 0 Å². The summed E-state index contributed by atoms with van der Waals surface area (Å²) in [5, 5.41) is 0. The first-order valence-electron chi connectivity index (χ1n) is 10.7. The Bertz CT molecular complexity index is 616. The van der Waals surface area contributed by atoms with Crippen LogP contribution in [0.3, 0.4) is 0 Å². The van der Waals surface area contributed by atoms with Gasteiger partial charge in [-0.2, -0.15) is 0 Å². The molecule has 2 fully saturated rings. The molecule has 0 radical (unpaired) electrons. The molecule has 1 aromatic rings. The van der Waals surface area contributed by atoms with E-state index in [-0.39, 0.29) is 24.0 Å². The highest BCUT2D eigenvalue weighted by Crippen LogP contribution is 2.28. The van der Waals surface area contributed by atoms with Crippen LogP contribution in [0.25, 0.3) is 0 Å². The van der Waals surface area contributed by atoms with Gasteiger partial charge in [0.15, 0.2) is 0 Å². The van der Waals surface area contributed by atoms with Crippen LogP contribution < -0.4 is 0 Å². The Morgan fingerprint density at radius 1 is 0.963 bits per heavy atom. The molecule has 0 aromatic carbocycles. The van der Waals surface area contributed by atoms with Crippen LogP contribution in [0, 0.1) is 0 Å². The molecular formula is C21H34N4O2. The summed E-state index contributed by atoms with van der Waals surface area (Å²) >= 11 is 0. The highest BCUT2D eigenvalue weighted by molar-refractivity contribution is 5.78. The molecule has 0 bridgehead atoms. The van der Waals surface area contributed by atoms with E-state index in [1.165, 1.54) is 0 Å². The molecule has 2 amide bonds. The van der Waals surface area contributed by atoms with Crippen molar-refractivity contribution < 1.29 is 9.59 Å². The Morgan fingerprint density at radius 2 is 1.70 bits per heavy atom. The smallest absolute Gasteiger partial charge is 0.222 e. The van der Waals surface area contributed by atoms with Gasteiger partial charge in [-0.05, 0) is 45.4 Å². The fraction of sp³-hybridized carbons (Fsp3) is 0.762. The summed E-state index contributed by atoms with van der Waals surface area (Å²) in [7, 11) is 0. The van der Waals surface area contributed by atoms with Crippen LogP contribution in [0.5, 0.6) is 0 Å². The summed E-state index contributed by atoms with van der Waals surface area (Å²) in [5.41, 5.74) is 0. The van der Waals surface area contributed by atoms with Crippen molar-refractivity contribution in [2.45, 2.75) is 89.8 Å². The second-order valence-corrected chi connectivity index (χ2v) is 8.13. The molecule has 0 saturated carbocycles. The predicted molar refractivity (Wildman–Crippen MR) is 105 cm³/mol. The average Bonchev–Trinajstić information content (AvgIpc) is 3.29. The lowest BCUT2D eigenvalue weighted by molar-refractivity contribution is -0.133. The summed E-state index contributed by atoms with van der Waals surface area (Å²) in [4.78, 5) is 33.2. The zero-order valence-corrected chi connectivity index (χ0v) is 16.8. The predicted octanol–water partition coefficient (Wildman–Crippen LogP) is 3.40. The molecule has 2 unspecified atom stereocenters. The van der Waals surface area contributed by atoms with Crippen LogP contribution in [0.2, 0.25) is 0 Å². The summed E-state index contributed by atoms with van der Waals surface area (Å²) in [6.07, 6.45) is 14.1. The number of hydrogen-bond acceptors (Lipinski definition) is 3.